The Bertz CT molecular complexity index is 2150. The molecule has 0 N–H and O–H groups in total. The van der Waals surface area contributed by atoms with Crippen LogP contribution in [0.3, 0.4) is 0 Å². The summed E-state index contributed by atoms with van der Waals surface area (Å²) in [5.74, 6) is 1.58. The molecule has 0 aliphatic carbocycles. The zero-order chi connectivity index (χ0) is 31.3. The Balaban J connectivity index is 0.000000250. The van der Waals surface area contributed by atoms with Crippen LogP contribution in [0.1, 0.15) is 19.4 Å². The van der Waals surface area contributed by atoms with Gasteiger partial charge in [-0.2, -0.15) is 0 Å². The summed E-state index contributed by atoms with van der Waals surface area (Å²) in [5, 5.41) is 4.79. The Morgan fingerprint density at radius 2 is 1.49 bits per heavy atom. The quantitative estimate of drug-likeness (QED) is 0.157. The van der Waals surface area contributed by atoms with Gasteiger partial charge >= 0.3 is 0 Å². The Morgan fingerprint density at radius 1 is 0.745 bits per heavy atom. The maximum atomic E-state index is 5.07. The van der Waals surface area contributed by atoms with Crippen molar-refractivity contribution in [3.8, 4) is 39.5 Å². The number of para-hydroxylation sites is 2. The molecule has 5 heteroatoms. The molecule has 0 unspecified atom stereocenters. The minimum atomic E-state index is 0. The molecule has 0 atom stereocenters. The molecule has 0 saturated carbocycles. The molecule has 5 aromatic carbocycles. The fraction of sp³-hybridized carbons (Fsp3) is 0.0952. The van der Waals surface area contributed by atoms with Crippen LogP contribution in [0, 0.1) is 17.4 Å². The molecule has 3 heterocycles. The van der Waals surface area contributed by atoms with Gasteiger partial charge in [0.15, 0.2) is 0 Å². The van der Waals surface area contributed by atoms with Crippen molar-refractivity contribution in [2.45, 2.75) is 20.3 Å². The van der Waals surface area contributed by atoms with Crippen molar-refractivity contribution in [3.63, 3.8) is 0 Å². The molecule has 3 aromatic heterocycles. The van der Waals surface area contributed by atoms with Crippen LogP contribution in [0.25, 0.3) is 60.6 Å². The van der Waals surface area contributed by atoms with Crippen molar-refractivity contribution < 1.29 is 20.1 Å². The van der Waals surface area contributed by atoms with Crippen LogP contribution in [0.4, 0.5) is 0 Å². The van der Waals surface area contributed by atoms with E-state index in [9.17, 15) is 0 Å². The Hall–Kier alpha value is -4.67. The summed E-state index contributed by atoms with van der Waals surface area (Å²) < 4.78 is 3.54. The molecule has 0 spiro atoms. The molecule has 0 aliphatic rings. The van der Waals surface area contributed by atoms with Gasteiger partial charge in [-0.25, -0.2) is 0 Å². The number of fused-ring (bicyclic) bond motifs is 2. The Labute approximate surface area is 294 Å². The minimum absolute atomic E-state index is 0. The summed E-state index contributed by atoms with van der Waals surface area (Å²) in [6.07, 6.45) is 2.88. The van der Waals surface area contributed by atoms with E-state index in [0.717, 1.165) is 45.8 Å². The van der Waals surface area contributed by atoms with Crippen LogP contribution < -0.4 is 0 Å². The van der Waals surface area contributed by atoms with Gasteiger partial charge in [0, 0.05) is 32.0 Å². The molecule has 233 valence electrons. The fourth-order valence-electron chi connectivity index (χ4n) is 5.75. The van der Waals surface area contributed by atoms with Gasteiger partial charge in [-0.3, -0.25) is 16.3 Å². The normalized spacial score (nSPS) is 10.9. The molecule has 1 radical (unpaired) electrons. The predicted octanol–water partition coefficient (Wildman–Crippen LogP) is 11.1. The molecule has 0 fully saturated rings. The molecule has 8 rings (SSSR count). The van der Waals surface area contributed by atoms with Gasteiger partial charge in [0.25, 0.3) is 0 Å². The van der Waals surface area contributed by atoms with Crippen molar-refractivity contribution in [1.82, 2.24) is 14.5 Å². The monoisotopic (exact) mass is 804 g/mol. The largest absolute Gasteiger partial charge is 0.333 e. The first kappa shape index (κ1) is 32.3. The van der Waals surface area contributed by atoms with Gasteiger partial charge < -0.3 is 9.55 Å². The third-order valence-electron chi connectivity index (χ3n) is 7.89. The van der Waals surface area contributed by atoms with Gasteiger partial charge in [-0.05, 0) is 59.5 Å². The van der Waals surface area contributed by atoms with Gasteiger partial charge in [0.05, 0.1) is 16.9 Å². The van der Waals surface area contributed by atoms with Crippen molar-refractivity contribution in [1.29, 1.82) is 0 Å². The molecule has 3 nitrogen and oxygen atoms in total. The number of aromatic nitrogens is 3. The summed E-state index contributed by atoms with van der Waals surface area (Å²) in [5.41, 5.74) is 10.1. The van der Waals surface area contributed by atoms with E-state index in [4.69, 9.17) is 4.98 Å². The summed E-state index contributed by atoms with van der Waals surface area (Å²) in [4.78, 5) is 9.29. The second kappa shape index (κ2) is 14.8. The first-order chi connectivity index (χ1) is 22.6. The number of rotatable bonds is 6. The Kier molecular flexibility index (Phi) is 10.2. The third-order valence-corrected chi connectivity index (χ3v) is 8.75. The first-order valence-corrected chi connectivity index (χ1v) is 16.4. The molecule has 0 aliphatic heterocycles. The molecule has 8 aromatic rings. The summed E-state index contributed by atoms with van der Waals surface area (Å²) in [7, 11) is 0. The van der Waals surface area contributed by atoms with Crippen molar-refractivity contribution >= 4 is 32.5 Å². The van der Waals surface area contributed by atoms with Crippen LogP contribution in [-0.4, -0.2) is 14.5 Å². The molecule has 0 saturated heterocycles. The smallest absolute Gasteiger partial charge is 0.0774 e. The SMILES string of the molecule is CC(C)Cc1ccc2c(-c3nc4ccccc4n3-c3ccc(-c4ccccc4)cc3)[c-]sc2c1.[Ir].[c-]1ccccc1-c1ccccn1. The van der Waals surface area contributed by atoms with E-state index < -0.39 is 0 Å². The third kappa shape index (κ3) is 7.18. The van der Waals surface area contributed by atoms with E-state index in [2.05, 4.69) is 132 Å². The zero-order valence-corrected chi connectivity index (χ0v) is 29.4. The maximum Gasteiger partial charge on any atom is 0.0774 e. The van der Waals surface area contributed by atoms with E-state index >= 15 is 0 Å². The number of benzene rings is 5. The van der Waals surface area contributed by atoms with Gasteiger partial charge in [-0.15, -0.1) is 47.3 Å². The number of nitrogens with zero attached hydrogens (tertiary/aromatic N) is 3. The second-order valence-corrected chi connectivity index (χ2v) is 12.5. The Morgan fingerprint density at radius 3 is 2.23 bits per heavy atom. The van der Waals surface area contributed by atoms with Crippen LogP contribution in [0.15, 0.2) is 146 Å². The fourth-order valence-corrected chi connectivity index (χ4v) is 6.65. The average Bonchev–Trinajstić information content (AvgIpc) is 3.71. The number of hydrogen-bond acceptors (Lipinski definition) is 3. The van der Waals surface area contributed by atoms with Crippen molar-refractivity contribution in [2.75, 3.05) is 0 Å². The molecule has 0 amide bonds. The summed E-state index contributed by atoms with van der Waals surface area (Å²) in [6.45, 7) is 4.53. The standard InChI is InChI=1S/C31H25N2S.C11H8N.Ir/c1-21(2)18-22-12-17-26-27(20-34-30(26)19-22)31-32-28-10-6-7-11-29(28)33(31)25-15-13-24(14-16-25)23-8-4-3-5-9-23;1-2-6-10(7-3-1)11-8-4-5-9-12-11;/h3-17,19,21H,18H2,1-2H3;1-6,8-9H;/q2*-1;. The minimum Gasteiger partial charge on any atom is -0.333 e. The summed E-state index contributed by atoms with van der Waals surface area (Å²) >= 11 is 1.69. The molecular formula is C42H33IrN3S-2. The van der Waals surface area contributed by atoms with E-state index in [1.54, 1.807) is 17.5 Å². The van der Waals surface area contributed by atoms with Crippen molar-refractivity contribution in [2.24, 2.45) is 5.92 Å². The average molecular weight is 804 g/mol. The van der Waals surface area contributed by atoms with Gasteiger partial charge in [0.2, 0.25) is 0 Å². The van der Waals surface area contributed by atoms with Crippen molar-refractivity contribution in [3.05, 3.63) is 163 Å². The second-order valence-electron chi connectivity index (χ2n) is 11.7. The van der Waals surface area contributed by atoms with E-state index in [1.165, 1.54) is 26.8 Å². The van der Waals surface area contributed by atoms with Gasteiger partial charge in [-0.1, -0.05) is 114 Å². The van der Waals surface area contributed by atoms with Crippen LogP contribution in [-0.2, 0) is 26.5 Å². The van der Waals surface area contributed by atoms with E-state index in [1.807, 2.05) is 42.5 Å². The predicted molar refractivity (Wildman–Crippen MR) is 193 cm³/mol. The van der Waals surface area contributed by atoms with Gasteiger partial charge in [0.1, 0.15) is 0 Å². The van der Waals surface area contributed by atoms with E-state index in [-0.39, 0.29) is 20.1 Å². The number of imidazole rings is 1. The van der Waals surface area contributed by atoms with Crippen LogP contribution in [0.2, 0.25) is 0 Å². The van der Waals surface area contributed by atoms with E-state index in [0.29, 0.717) is 5.92 Å². The zero-order valence-electron chi connectivity index (χ0n) is 26.2. The number of hydrogen-bond donors (Lipinski definition) is 0. The topological polar surface area (TPSA) is 30.7 Å². The van der Waals surface area contributed by atoms with Crippen LogP contribution in [0.5, 0.6) is 0 Å². The molecule has 47 heavy (non-hydrogen) atoms. The molecular weight excluding hydrogens is 771 g/mol. The van der Waals surface area contributed by atoms with Crippen LogP contribution >= 0.6 is 11.3 Å². The molecule has 0 bridgehead atoms. The summed E-state index contributed by atoms with van der Waals surface area (Å²) in [6, 6.07) is 51.3. The number of pyridine rings is 1. The maximum absolute atomic E-state index is 5.07. The number of thiophene rings is 1. The first-order valence-electron chi connectivity index (χ1n) is 15.6.